The van der Waals surface area contributed by atoms with Crippen molar-refractivity contribution in [2.24, 2.45) is 5.92 Å². The maximum Gasteiger partial charge on any atom is 0.266 e. The van der Waals surface area contributed by atoms with Crippen molar-refractivity contribution in [3.63, 3.8) is 0 Å². The Labute approximate surface area is 173 Å². The summed E-state index contributed by atoms with van der Waals surface area (Å²) < 4.78 is 7.42. The predicted molar refractivity (Wildman–Crippen MR) is 111 cm³/mol. The van der Waals surface area contributed by atoms with Crippen LogP contribution in [0, 0.1) is 5.92 Å². The van der Waals surface area contributed by atoms with Gasteiger partial charge in [0.15, 0.2) is 6.10 Å². The van der Waals surface area contributed by atoms with E-state index in [1.165, 1.54) is 10.7 Å². The van der Waals surface area contributed by atoms with Crippen molar-refractivity contribution >= 4 is 5.91 Å². The first-order chi connectivity index (χ1) is 14.7. The topological polar surface area (TPSA) is 77.3 Å². The monoisotopic (exact) mass is 402 g/mol. The van der Waals surface area contributed by atoms with Crippen LogP contribution in [0.4, 0.5) is 0 Å². The van der Waals surface area contributed by atoms with Crippen LogP contribution in [0.1, 0.15) is 12.0 Å². The van der Waals surface area contributed by atoms with Crippen LogP contribution in [0.25, 0.3) is 11.3 Å². The number of nitrogens with zero attached hydrogens (tertiary/aromatic N) is 4. The van der Waals surface area contributed by atoms with E-state index in [0.717, 1.165) is 29.0 Å². The summed E-state index contributed by atoms with van der Waals surface area (Å²) in [5.74, 6) is 1.05. The fourth-order valence-electron chi connectivity index (χ4n) is 4.07. The van der Waals surface area contributed by atoms with E-state index >= 15 is 0 Å². The Bertz CT molecular complexity index is 1120. The molecule has 2 aliphatic rings. The number of aromatic nitrogens is 3. The number of amides is 1. The Morgan fingerprint density at radius 2 is 1.87 bits per heavy atom. The molecule has 1 aromatic carbocycles. The molecule has 0 N–H and O–H groups in total. The molecule has 1 saturated heterocycles. The first-order valence-electron chi connectivity index (χ1n) is 10.2. The maximum absolute atomic E-state index is 12.8. The van der Waals surface area contributed by atoms with Gasteiger partial charge in [0.25, 0.3) is 11.5 Å². The fourth-order valence-corrected chi connectivity index (χ4v) is 4.07. The van der Waals surface area contributed by atoms with E-state index in [9.17, 15) is 9.59 Å². The summed E-state index contributed by atoms with van der Waals surface area (Å²) in [4.78, 5) is 30.9. The number of ether oxygens (including phenoxy) is 1. The summed E-state index contributed by atoms with van der Waals surface area (Å²) >= 11 is 0. The van der Waals surface area contributed by atoms with E-state index in [1.54, 1.807) is 18.5 Å². The van der Waals surface area contributed by atoms with E-state index < -0.39 is 6.10 Å². The molecule has 0 aliphatic carbocycles. The molecule has 4 heterocycles. The molecule has 0 saturated carbocycles. The Morgan fingerprint density at radius 1 is 1.07 bits per heavy atom. The van der Waals surface area contributed by atoms with Gasteiger partial charge in [-0.3, -0.25) is 14.6 Å². The smallest absolute Gasteiger partial charge is 0.266 e. The summed E-state index contributed by atoms with van der Waals surface area (Å²) in [5, 5.41) is 4.50. The molecule has 30 heavy (non-hydrogen) atoms. The summed E-state index contributed by atoms with van der Waals surface area (Å²) in [6.45, 7) is 1.73. The molecule has 7 nitrogen and oxygen atoms in total. The minimum atomic E-state index is -0.420. The second-order valence-corrected chi connectivity index (χ2v) is 7.84. The van der Waals surface area contributed by atoms with Crippen molar-refractivity contribution in [1.82, 2.24) is 19.7 Å². The molecular weight excluding hydrogens is 380 g/mol. The van der Waals surface area contributed by atoms with Crippen LogP contribution in [0.15, 0.2) is 65.7 Å². The molecule has 7 heteroatoms. The number of pyridine rings is 1. The SMILES string of the molecule is O=C(C1CCc2ccccc2O1)N1CC(Cn2nc(-c3ccncc3)ccc2=O)C1. The average Bonchev–Trinajstić information content (AvgIpc) is 2.77. The van der Waals surface area contributed by atoms with Crippen molar-refractivity contribution in [2.45, 2.75) is 25.5 Å². The van der Waals surface area contributed by atoms with E-state index in [-0.39, 0.29) is 17.4 Å². The van der Waals surface area contributed by atoms with E-state index in [0.29, 0.717) is 26.1 Å². The summed E-state index contributed by atoms with van der Waals surface area (Å²) in [6.07, 6.45) is 4.54. The normalized spacial score (nSPS) is 18.3. The standard InChI is InChI=1S/C23H22N4O3/c28-22-8-6-19(17-9-11-24-12-10-17)25-27(22)15-16-13-26(14-16)23(29)21-7-5-18-3-1-2-4-20(18)30-21/h1-4,6,8-12,16,21H,5,7,13-15H2. The van der Waals surface area contributed by atoms with E-state index in [1.807, 2.05) is 41.3 Å². The van der Waals surface area contributed by atoms with Gasteiger partial charge in [0, 0.05) is 43.0 Å². The highest BCUT2D eigenvalue weighted by Crippen LogP contribution is 2.29. The van der Waals surface area contributed by atoms with E-state index in [2.05, 4.69) is 10.1 Å². The zero-order valence-corrected chi connectivity index (χ0v) is 16.5. The molecule has 1 unspecified atom stereocenters. The van der Waals surface area contributed by atoms with Gasteiger partial charge in [-0.1, -0.05) is 18.2 Å². The first-order valence-corrected chi connectivity index (χ1v) is 10.2. The highest BCUT2D eigenvalue weighted by molar-refractivity contribution is 5.82. The first kappa shape index (κ1) is 18.5. The molecule has 3 aromatic rings. The molecule has 1 fully saturated rings. The number of hydrogen-bond acceptors (Lipinski definition) is 5. The number of hydrogen-bond donors (Lipinski definition) is 0. The van der Waals surface area contributed by atoms with E-state index in [4.69, 9.17) is 4.74 Å². The third-order valence-corrected chi connectivity index (χ3v) is 5.74. The van der Waals surface area contributed by atoms with Gasteiger partial charge < -0.3 is 9.64 Å². The third-order valence-electron chi connectivity index (χ3n) is 5.74. The van der Waals surface area contributed by atoms with Crippen molar-refractivity contribution in [3.8, 4) is 17.0 Å². The van der Waals surface area contributed by atoms with Gasteiger partial charge in [-0.15, -0.1) is 0 Å². The number of fused-ring (bicyclic) bond motifs is 1. The molecular formula is C23H22N4O3. The van der Waals surface area contributed by atoms with Crippen LogP contribution < -0.4 is 10.3 Å². The maximum atomic E-state index is 12.8. The molecule has 152 valence electrons. The van der Waals surface area contributed by atoms with Crippen LogP contribution >= 0.6 is 0 Å². The van der Waals surface area contributed by atoms with Gasteiger partial charge in [0.1, 0.15) is 5.75 Å². The average molecular weight is 402 g/mol. The van der Waals surface area contributed by atoms with Crippen LogP contribution in [0.2, 0.25) is 0 Å². The second kappa shape index (κ2) is 7.74. The highest BCUT2D eigenvalue weighted by atomic mass is 16.5. The largest absolute Gasteiger partial charge is 0.480 e. The summed E-state index contributed by atoms with van der Waals surface area (Å²) in [5.41, 5.74) is 2.67. The number of likely N-dealkylation sites (tertiary alicyclic amines) is 1. The Balaban J connectivity index is 1.21. The van der Waals surface area contributed by atoms with Crippen molar-refractivity contribution in [1.29, 1.82) is 0 Å². The van der Waals surface area contributed by atoms with Crippen molar-refractivity contribution in [2.75, 3.05) is 13.1 Å². The molecule has 1 atom stereocenters. The van der Waals surface area contributed by atoms with Gasteiger partial charge in [-0.05, 0) is 42.7 Å². The summed E-state index contributed by atoms with van der Waals surface area (Å²) in [7, 11) is 0. The van der Waals surface area contributed by atoms with Gasteiger partial charge in [0.2, 0.25) is 0 Å². The van der Waals surface area contributed by atoms with Gasteiger partial charge in [-0.2, -0.15) is 5.10 Å². The van der Waals surface area contributed by atoms with Crippen LogP contribution in [-0.2, 0) is 17.8 Å². The second-order valence-electron chi connectivity index (χ2n) is 7.84. The quantitative estimate of drug-likeness (QED) is 0.668. The van der Waals surface area contributed by atoms with Gasteiger partial charge in [0.05, 0.1) is 12.2 Å². The van der Waals surface area contributed by atoms with Crippen LogP contribution in [0.5, 0.6) is 5.75 Å². The molecule has 1 amide bonds. The number of carbonyl (C=O) groups excluding carboxylic acids is 1. The molecule has 0 radical (unpaired) electrons. The number of rotatable bonds is 4. The molecule has 2 aromatic heterocycles. The fraction of sp³-hybridized carbons (Fsp3) is 0.304. The molecule has 2 aliphatic heterocycles. The minimum Gasteiger partial charge on any atom is -0.480 e. The van der Waals surface area contributed by atoms with Crippen LogP contribution in [-0.4, -0.2) is 44.8 Å². The summed E-state index contributed by atoms with van der Waals surface area (Å²) in [6, 6.07) is 14.9. The van der Waals surface area contributed by atoms with Crippen LogP contribution in [0.3, 0.4) is 0 Å². The zero-order chi connectivity index (χ0) is 20.5. The number of aryl methyl sites for hydroxylation is 1. The number of benzene rings is 1. The minimum absolute atomic E-state index is 0.0339. The predicted octanol–water partition coefficient (Wildman–Crippen LogP) is 2.16. The van der Waals surface area contributed by atoms with Gasteiger partial charge in [-0.25, -0.2) is 4.68 Å². The van der Waals surface area contributed by atoms with Crippen molar-refractivity contribution in [3.05, 3.63) is 76.8 Å². The lowest BCUT2D eigenvalue weighted by atomic mass is 9.96. The Morgan fingerprint density at radius 3 is 2.70 bits per heavy atom. The highest BCUT2D eigenvalue weighted by Gasteiger charge is 2.37. The lowest BCUT2D eigenvalue weighted by Gasteiger charge is -2.41. The molecule has 5 rings (SSSR count). The van der Waals surface area contributed by atoms with Crippen molar-refractivity contribution < 1.29 is 9.53 Å². The number of carbonyl (C=O) groups is 1. The molecule has 0 spiro atoms. The zero-order valence-electron chi connectivity index (χ0n) is 16.5. The lowest BCUT2D eigenvalue weighted by Crippen LogP contribution is -2.56. The molecule has 0 bridgehead atoms. The van der Waals surface area contributed by atoms with Gasteiger partial charge >= 0.3 is 0 Å². The lowest BCUT2D eigenvalue weighted by molar-refractivity contribution is -0.146. The third kappa shape index (κ3) is 3.58. The Hall–Kier alpha value is -3.48. The number of para-hydroxylation sites is 1. The Kier molecular flexibility index (Phi) is 4.78.